The van der Waals surface area contributed by atoms with E-state index >= 15 is 0 Å². The minimum absolute atomic E-state index is 0.224. The summed E-state index contributed by atoms with van der Waals surface area (Å²) in [5.41, 5.74) is 0.593. The van der Waals surface area contributed by atoms with Crippen LogP contribution in [-0.2, 0) is 0 Å². The van der Waals surface area contributed by atoms with Gasteiger partial charge in [-0.3, -0.25) is 4.79 Å². The van der Waals surface area contributed by atoms with E-state index in [0.717, 1.165) is 0 Å². The van der Waals surface area contributed by atoms with Crippen LogP contribution in [0.5, 0.6) is 11.5 Å². The zero-order valence-corrected chi connectivity index (χ0v) is 12.0. The van der Waals surface area contributed by atoms with Crippen molar-refractivity contribution in [3.05, 3.63) is 40.8 Å². The van der Waals surface area contributed by atoms with Crippen molar-refractivity contribution in [2.75, 3.05) is 19.5 Å². The number of methoxy groups -OCH3 is 2. The van der Waals surface area contributed by atoms with Gasteiger partial charge in [-0.15, -0.1) is 0 Å². The van der Waals surface area contributed by atoms with Gasteiger partial charge in [0.15, 0.2) is 21.9 Å². The summed E-state index contributed by atoms with van der Waals surface area (Å²) < 4.78 is 16.0. The lowest BCUT2D eigenvalue weighted by atomic mass is 10.2. The Kier molecular flexibility index (Phi) is 4.11. The average molecular weight is 326 g/mol. The summed E-state index contributed by atoms with van der Waals surface area (Å²) in [6, 6.07) is 8.35. The fourth-order valence-corrected chi connectivity index (χ4v) is 1.85. The van der Waals surface area contributed by atoms with Crippen LogP contribution in [0.4, 0.5) is 5.69 Å². The van der Waals surface area contributed by atoms with Gasteiger partial charge >= 0.3 is 0 Å². The maximum Gasteiger partial charge on any atom is 0.291 e. The smallest absolute Gasteiger partial charge is 0.291 e. The number of hydrogen-bond donors (Lipinski definition) is 1. The van der Waals surface area contributed by atoms with Crippen LogP contribution >= 0.6 is 15.9 Å². The molecule has 1 aromatic carbocycles. The minimum atomic E-state index is -0.335. The summed E-state index contributed by atoms with van der Waals surface area (Å²) in [6.07, 6.45) is 0. The van der Waals surface area contributed by atoms with Crippen molar-refractivity contribution in [2.45, 2.75) is 0 Å². The van der Waals surface area contributed by atoms with E-state index in [9.17, 15) is 4.79 Å². The summed E-state index contributed by atoms with van der Waals surface area (Å²) in [4.78, 5) is 11.9. The van der Waals surface area contributed by atoms with Gasteiger partial charge in [-0.25, -0.2) is 0 Å². The Morgan fingerprint density at radius 1 is 1.16 bits per heavy atom. The van der Waals surface area contributed by atoms with E-state index in [-0.39, 0.29) is 11.7 Å². The molecule has 2 rings (SSSR count). The molecule has 0 unspecified atom stereocenters. The quantitative estimate of drug-likeness (QED) is 0.936. The molecule has 0 aliphatic rings. The third-order valence-corrected chi connectivity index (χ3v) is 2.86. The van der Waals surface area contributed by atoms with Crippen LogP contribution in [0.15, 0.2) is 39.4 Å². The van der Waals surface area contributed by atoms with E-state index in [2.05, 4.69) is 21.2 Å². The van der Waals surface area contributed by atoms with Gasteiger partial charge in [0, 0.05) is 11.8 Å². The van der Waals surface area contributed by atoms with Gasteiger partial charge in [0.2, 0.25) is 0 Å². The monoisotopic (exact) mass is 325 g/mol. The van der Waals surface area contributed by atoms with Crippen molar-refractivity contribution in [1.82, 2.24) is 0 Å². The summed E-state index contributed by atoms with van der Waals surface area (Å²) in [5, 5.41) is 2.71. The van der Waals surface area contributed by atoms with E-state index in [4.69, 9.17) is 13.9 Å². The summed E-state index contributed by atoms with van der Waals surface area (Å²) in [6.45, 7) is 0. The molecule has 0 saturated carbocycles. The van der Waals surface area contributed by atoms with Gasteiger partial charge in [0.05, 0.1) is 14.2 Å². The molecule has 2 aromatic rings. The standard InChI is InChI=1S/C13H12BrNO4/c1-17-9-4-3-8(7-11(9)18-2)15-13(16)10-5-6-12(14)19-10/h3-7H,1-2H3,(H,15,16). The molecule has 100 valence electrons. The van der Waals surface area contributed by atoms with Crippen molar-refractivity contribution in [2.24, 2.45) is 0 Å². The first-order chi connectivity index (χ1) is 9.13. The van der Waals surface area contributed by atoms with Crippen LogP contribution in [0.25, 0.3) is 0 Å². The normalized spacial score (nSPS) is 10.1. The SMILES string of the molecule is COc1ccc(NC(=O)c2ccc(Br)o2)cc1OC. The van der Waals surface area contributed by atoms with Gasteiger partial charge in [-0.2, -0.15) is 0 Å². The van der Waals surface area contributed by atoms with Gasteiger partial charge < -0.3 is 19.2 Å². The van der Waals surface area contributed by atoms with Gasteiger partial charge in [-0.05, 0) is 40.2 Å². The molecule has 0 fully saturated rings. The number of ether oxygens (including phenoxy) is 2. The number of carbonyl (C=O) groups is 1. The molecule has 1 heterocycles. The second-order valence-electron chi connectivity index (χ2n) is 3.63. The molecule has 0 radical (unpaired) electrons. The van der Waals surface area contributed by atoms with Crippen molar-refractivity contribution in [3.8, 4) is 11.5 Å². The number of halogens is 1. The molecule has 1 aromatic heterocycles. The maximum atomic E-state index is 11.9. The Labute approximate surface area is 118 Å². The van der Waals surface area contributed by atoms with E-state index in [1.54, 1.807) is 37.4 Å². The zero-order valence-electron chi connectivity index (χ0n) is 10.4. The summed E-state index contributed by atoms with van der Waals surface area (Å²) in [5.74, 6) is 1.03. The molecular weight excluding hydrogens is 314 g/mol. The first kappa shape index (κ1) is 13.5. The Morgan fingerprint density at radius 3 is 2.47 bits per heavy atom. The summed E-state index contributed by atoms with van der Waals surface area (Å²) in [7, 11) is 3.09. The number of benzene rings is 1. The first-order valence-electron chi connectivity index (χ1n) is 5.42. The Balaban J connectivity index is 2.17. The molecule has 0 bridgehead atoms. The highest BCUT2D eigenvalue weighted by Gasteiger charge is 2.12. The maximum absolute atomic E-state index is 11.9. The predicted octanol–water partition coefficient (Wildman–Crippen LogP) is 3.31. The largest absolute Gasteiger partial charge is 0.493 e. The third kappa shape index (κ3) is 3.08. The summed E-state index contributed by atoms with van der Waals surface area (Å²) >= 11 is 3.14. The van der Waals surface area contributed by atoms with Crippen molar-refractivity contribution < 1.29 is 18.7 Å². The number of nitrogens with one attached hydrogen (secondary N) is 1. The fraction of sp³-hybridized carbons (Fsp3) is 0.154. The lowest BCUT2D eigenvalue weighted by Gasteiger charge is -2.09. The molecule has 1 N–H and O–H groups in total. The molecule has 19 heavy (non-hydrogen) atoms. The van der Waals surface area contributed by atoms with Gasteiger partial charge in [0.25, 0.3) is 5.91 Å². The molecule has 0 spiro atoms. The highest BCUT2D eigenvalue weighted by molar-refractivity contribution is 9.10. The van der Waals surface area contributed by atoms with E-state index < -0.39 is 0 Å². The predicted molar refractivity (Wildman–Crippen MR) is 73.9 cm³/mol. The van der Waals surface area contributed by atoms with E-state index in [1.807, 2.05) is 0 Å². The fourth-order valence-electron chi connectivity index (χ4n) is 1.54. The number of amides is 1. The lowest BCUT2D eigenvalue weighted by Crippen LogP contribution is -2.10. The number of hydrogen-bond acceptors (Lipinski definition) is 4. The second-order valence-corrected chi connectivity index (χ2v) is 4.41. The van der Waals surface area contributed by atoms with Gasteiger partial charge in [-0.1, -0.05) is 0 Å². The average Bonchev–Trinajstić information content (AvgIpc) is 2.85. The molecule has 0 saturated heterocycles. The molecular formula is C13H12BrNO4. The van der Waals surface area contributed by atoms with Gasteiger partial charge in [0.1, 0.15) is 0 Å². The third-order valence-electron chi connectivity index (χ3n) is 2.44. The van der Waals surface area contributed by atoms with Crippen LogP contribution in [0.1, 0.15) is 10.6 Å². The van der Waals surface area contributed by atoms with Crippen LogP contribution in [-0.4, -0.2) is 20.1 Å². The molecule has 0 aliphatic carbocycles. The highest BCUT2D eigenvalue weighted by Crippen LogP contribution is 2.30. The Hall–Kier alpha value is -1.95. The zero-order chi connectivity index (χ0) is 13.8. The molecule has 6 heteroatoms. The highest BCUT2D eigenvalue weighted by atomic mass is 79.9. The van der Waals surface area contributed by atoms with Crippen molar-refractivity contribution >= 4 is 27.5 Å². The van der Waals surface area contributed by atoms with Crippen molar-refractivity contribution in [3.63, 3.8) is 0 Å². The molecule has 5 nitrogen and oxygen atoms in total. The second kappa shape index (κ2) is 5.79. The number of anilines is 1. The molecule has 0 atom stereocenters. The van der Waals surface area contributed by atoms with Crippen LogP contribution in [0.3, 0.4) is 0 Å². The van der Waals surface area contributed by atoms with E-state index in [1.165, 1.54) is 7.11 Å². The lowest BCUT2D eigenvalue weighted by molar-refractivity contribution is 0.0995. The minimum Gasteiger partial charge on any atom is -0.493 e. The topological polar surface area (TPSA) is 60.7 Å². The van der Waals surface area contributed by atoms with Crippen LogP contribution < -0.4 is 14.8 Å². The van der Waals surface area contributed by atoms with E-state index in [0.29, 0.717) is 21.9 Å². The number of carbonyl (C=O) groups excluding carboxylic acids is 1. The van der Waals surface area contributed by atoms with Crippen LogP contribution in [0.2, 0.25) is 0 Å². The van der Waals surface area contributed by atoms with Crippen molar-refractivity contribution in [1.29, 1.82) is 0 Å². The number of rotatable bonds is 4. The Bertz CT molecular complexity index is 594. The molecule has 0 aliphatic heterocycles. The first-order valence-corrected chi connectivity index (χ1v) is 6.22. The number of furan rings is 1. The molecule has 1 amide bonds. The van der Waals surface area contributed by atoms with Crippen LogP contribution in [0, 0.1) is 0 Å². The Morgan fingerprint density at radius 2 is 1.89 bits per heavy atom.